The van der Waals surface area contributed by atoms with Crippen molar-refractivity contribution in [3.05, 3.63) is 52.3 Å². The third-order valence-corrected chi connectivity index (χ3v) is 7.44. The van der Waals surface area contributed by atoms with Gasteiger partial charge in [-0.15, -0.1) is 22.7 Å². The molecule has 0 bridgehead atoms. The molecule has 4 aromatic rings. The number of nitrogens with zero attached hydrogens (tertiary/aromatic N) is 3. The van der Waals surface area contributed by atoms with Gasteiger partial charge in [-0.25, -0.2) is 9.97 Å². The van der Waals surface area contributed by atoms with Crippen molar-refractivity contribution in [3.8, 4) is 27.6 Å². The Morgan fingerprint density at radius 1 is 1.03 bits per heavy atom. The minimum atomic E-state index is 0.496. The maximum Gasteiger partial charge on any atom is 0.162 e. The third-order valence-electron chi connectivity index (χ3n) is 5.39. The van der Waals surface area contributed by atoms with Crippen LogP contribution in [0.5, 0.6) is 5.75 Å². The summed E-state index contributed by atoms with van der Waals surface area (Å²) in [5, 5.41) is 5.61. The van der Waals surface area contributed by atoms with Crippen LogP contribution >= 0.6 is 34.3 Å². The van der Waals surface area contributed by atoms with E-state index in [9.17, 15) is 0 Å². The molecule has 0 spiro atoms. The molecule has 7 heteroatoms. The molecule has 5 rings (SSSR count). The Morgan fingerprint density at radius 2 is 1.93 bits per heavy atom. The van der Waals surface area contributed by atoms with Crippen molar-refractivity contribution in [2.75, 3.05) is 26.2 Å². The smallest absolute Gasteiger partial charge is 0.162 e. The maximum absolute atomic E-state index is 6.61. The van der Waals surface area contributed by atoms with Gasteiger partial charge in [0, 0.05) is 27.9 Å². The van der Waals surface area contributed by atoms with Crippen molar-refractivity contribution < 1.29 is 4.74 Å². The highest BCUT2D eigenvalue weighted by Gasteiger charge is 2.16. The highest BCUT2D eigenvalue weighted by molar-refractivity contribution is 7.18. The van der Waals surface area contributed by atoms with Crippen molar-refractivity contribution in [1.29, 1.82) is 0 Å². The lowest BCUT2D eigenvalue weighted by Crippen LogP contribution is -2.33. The summed E-state index contributed by atoms with van der Waals surface area (Å²) in [5.74, 6) is 1.48. The highest BCUT2D eigenvalue weighted by atomic mass is 35.5. The molecule has 1 aromatic carbocycles. The molecule has 4 nitrogen and oxygen atoms in total. The van der Waals surface area contributed by atoms with Gasteiger partial charge in [-0.05, 0) is 49.5 Å². The van der Waals surface area contributed by atoms with Crippen LogP contribution in [-0.4, -0.2) is 41.1 Å². The summed E-state index contributed by atoms with van der Waals surface area (Å²) in [7, 11) is 0. The van der Waals surface area contributed by atoms with E-state index in [2.05, 4.69) is 26.7 Å². The normalized spacial score (nSPS) is 15.0. The number of halogens is 1. The molecule has 1 fully saturated rings. The molecular weight excluding hydrogens is 434 g/mol. The summed E-state index contributed by atoms with van der Waals surface area (Å²) in [6.45, 7) is 4.03. The zero-order chi connectivity index (χ0) is 20.3. The van der Waals surface area contributed by atoms with E-state index in [1.54, 1.807) is 22.7 Å². The van der Waals surface area contributed by atoms with E-state index in [0.717, 1.165) is 33.6 Å². The van der Waals surface area contributed by atoms with Gasteiger partial charge >= 0.3 is 0 Å². The minimum Gasteiger partial charge on any atom is -0.492 e. The second-order valence-electron chi connectivity index (χ2n) is 7.42. The van der Waals surface area contributed by atoms with Crippen LogP contribution in [0.3, 0.4) is 0 Å². The van der Waals surface area contributed by atoms with Crippen molar-refractivity contribution >= 4 is 44.5 Å². The molecule has 30 heavy (non-hydrogen) atoms. The molecular formula is C23H22ClN3OS2. The minimum absolute atomic E-state index is 0.496. The first-order valence-corrected chi connectivity index (χ1v) is 12.4. The molecule has 0 radical (unpaired) electrons. The second-order valence-corrected chi connectivity index (χ2v) is 9.59. The fourth-order valence-corrected chi connectivity index (χ4v) is 5.93. The molecule has 1 aliphatic heterocycles. The summed E-state index contributed by atoms with van der Waals surface area (Å²) < 4.78 is 6.02. The Bertz CT molecular complexity index is 1140. The zero-order valence-electron chi connectivity index (χ0n) is 16.5. The Labute approximate surface area is 189 Å². The average Bonchev–Trinajstić information content (AvgIpc) is 3.45. The number of likely N-dealkylation sites (tertiary alicyclic amines) is 1. The van der Waals surface area contributed by atoms with E-state index in [0.29, 0.717) is 17.6 Å². The molecule has 0 saturated carbocycles. The van der Waals surface area contributed by atoms with Crippen LogP contribution in [0, 0.1) is 0 Å². The van der Waals surface area contributed by atoms with Gasteiger partial charge in [-0.3, -0.25) is 4.90 Å². The molecule has 0 N–H and O–H groups in total. The topological polar surface area (TPSA) is 38.2 Å². The third kappa shape index (κ3) is 4.23. The predicted octanol–water partition coefficient (Wildman–Crippen LogP) is 6.60. The van der Waals surface area contributed by atoms with Gasteiger partial charge in [0.2, 0.25) is 0 Å². The molecule has 3 aromatic heterocycles. The van der Waals surface area contributed by atoms with Gasteiger partial charge < -0.3 is 4.74 Å². The number of ether oxygens (including phenoxy) is 1. The fraction of sp³-hybridized carbons (Fsp3) is 0.304. The van der Waals surface area contributed by atoms with Crippen LogP contribution in [0.25, 0.3) is 32.0 Å². The monoisotopic (exact) mass is 455 g/mol. The summed E-state index contributed by atoms with van der Waals surface area (Å²) in [4.78, 5) is 14.0. The van der Waals surface area contributed by atoms with Crippen LogP contribution in [0.2, 0.25) is 5.15 Å². The number of piperidine rings is 1. The predicted molar refractivity (Wildman–Crippen MR) is 127 cm³/mol. The van der Waals surface area contributed by atoms with E-state index in [1.807, 2.05) is 30.3 Å². The first-order valence-electron chi connectivity index (χ1n) is 10.2. The number of benzene rings is 1. The maximum atomic E-state index is 6.61. The van der Waals surface area contributed by atoms with Gasteiger partial charge in [0.05, 0.1) is 5.39 Å². The molecule has 0 atom stereocenters. The van der Waals surface area contributed by atoms with Gasteiger partial charge in [-0.2, -0.15) is 0 Å². The number of hydrogen-bond donors (Lipinski definition) is 0. The lowest BCUT2D eigenvalue weighted by Gasteiger charge is -2.26. The number of thiophene rings is 2. The first-order chi connectivity index (χ1) is 14.8. The molecule has 0 unspecified atom stereocenters. The summed E-state index contributed by atoms with van der Waals surface area (Å²) in [6, 6.07) is 12.1. The Morgan fingerprint density at radius 3 is 2.77 bits per heavy atom. The molecule has 154 valence electrons. The van der Waals surface area contributed by atoms with Crippen LogP contribution < -0.4 is 4.74 Å². The largest absolute Gasteiger partial charge is 0.492 e. The van der Waals surface area contributed by atoms with Gasteiger partial charge in [0.15, 0.2) is 5.82 Å². The van der Waals surface area contributed by atoms with Crippen molar-refractivity contribution in [2.24, 2.45) is 0 Å². The van der Waals surface area contributed by atoms with E-state index in [-0.39, 0.29) is 0 Å². The summed E-state index contributed by atoms with van der Waals surface area (Å²) in [5.41, 5.74) is 2.02. The van der Waals surface area contributed by atoms with E-state index in [4.69, 9.17) is 21.3 Å². The van der Waals surface area contributed by atoms with E-state index in [1.165, 1.54) is 37.2 Å². The first kappa shape index (κ1) is 19.9. The SMILES string of the molecule is Clc1nc(-c2cccc(OCCN3CCCCC3)c2)nc2scc(-c3cccs3)c12. The van der Waals surface area contributed by atoms with Crippen LogP contribution in [-0.2, 0) is 0 Å². The number of fused-ring (bicyclic) bond motifs is 1. The van der Waals surface area contributed by atoms with Crippen LogP contribution in [0.4, 0.5) is 0 Å². The van der Waals surface area contributed by atoms with Crippen molar-refractivity contribution in [3.63, 3.8) is 0 Å². The van der Waals surface area contributed by atoms with Gasteiger partial charge in [0.25, 0.3) is 0 Å². The quantitative estimate of drug-likeness (QED) is 0.307. The van der Waals surface area contributed by atoms with Gasteiger partial charge in [0.1, 0.15) is 22.3 Å². The number of aromatic nitrogens is 2. The standard InChI is InChI=1S/C23H22ClN3OS2/c24-21-20-18(19-8-5-13-29-19)15-30-23(20)26-22(25-21)16-6-4-7-17(14-16)28-12-11-27-9-2-1-3-10-27/h4-8,13-15H,1-3,9-12H2. The average molecular weight is 456 g/mol. The van der Waals surface area contributed by atoms with E-state index >= 15 is 0 Å². The number of hydrogen-bond acceptors (Lipinski definition) is 6. The lowest BCUT2D eigenvalue weighted by atomic mass is 10.1. The van der Waals surface area contributed by atoms with Crippen LogP contribution in [0.15, 0.2) is 47.2 Å². The molecule has 1 aliphatic rings. The van der Waals surface area contributed by atoms with Crippen molar-refractivity contribution in [2.45, 2.75) is 19.3 Å². The second kappa shape index (κ2) is 9.02. The Hall–Kier alpha value is -1.99. The molecule has 4 heterocycles. The molecule has 0 amide bonds. The fourth-order valence-electron chi connectivity index (χ4n) is 3.84. The van der Waals surface area contributed by atoms with E-state index < -0.39 is 0 Å². The van der Waals surface area contributed by atoms with Crippen LogP contribution in [0.1, 0.15) is 19.3 Å². The van der Waals surface area contributed by atoms with Crippen molar-refractivity contribution in [1.82, 2.24) is 14.9 Å². The molecule has 1 saturated heterocycles. The Kier molecular flexibility index (Phi) is 6.00. The Balaban J connectivity index is 1.35. The molecule has 0 aliphatic carbocycles. The summed E-state index contributed by atoms with van der Waals surface area (Å²) in [6.07, 6.45) is 3.95. The van der Waals surface area contributed by atoms with Gasteiger partial charge in [-0.1, -0.05) is 36.2 Å². The zero-order valence-corrected chi connectivity index (χ0v) is 18.9. The number of rotatable bonds is 6. The summed E-state index contributed by atoms with van der Waals surface area (Å²) >= 11 is 9.91. The lowest BCUT2D eigenvalue weighted by molar-refractivity contribution is 0.183. The highest BCUT2D eigenvalue weighted by Crippen LogP contribution is 2.39.